The van der Waals surface area contributed by atoms with E-state index in [9.17, 15) is 8.42 Å². The van der Waals surface area contributed by atoms with Crippen LogP contribution in [0.1, 0.15) is 29.5 Å². The van der Waals surface area contributed by atoms with Crippen LogP contribution in [0.25, 0.3) is 0 Å². The molecule has 0 radical (unpaired) electrons. The molecule has 0 bridgehead atoms. The van der Waals surface area contributed by atoms with Crippen LogP contribution in [-0.2, 0) is 16.6 Å². The van der Waals surface area contributed by atoms with Gasteiger partial charge in [-0.15, -0.1) is 11.3 Å². The van der Waals surface area contributed by atoms with E-state index in [1.54, 1.807) is 11.3 Å². The predicted molar refractivity (Wildman–Crippen MR) is 55.8 cm³/mol. The molecule has 0 unspecified atom stereocenters. The zero-order valence-corrected chi connectivity index (χ0v) is 9.49. The van der Waals surface area contributed by atoms with Crippen molar-refractivity contribution in [3.05, 3.63) is 16.1 Å². The molecule has 1 heterocycles. The minimum Gasteiger partial charge on any atom is -0.245 e. The highest BCUT2D eigenvalue weighted by atomic mass is 32.2. The van der Waals surface area contributed by atoms with E-state index in [1.165, 1.54) is 12.8 Å². The van der Waals surface area contributed by atoms with Crippen LogP contribution in [-0.4, -0.2) is 19.7 Å². The molecule has 1 aliphatic carbocycles. The van der Waals surface area contributed by atoms with Crippen molar-refractivity contribution in [1.82, 2.24) is 9.71 Å². The van der Waals surface area contributed by atoms with Crippen molar-refractivity contribution in [2.24, 2.45) is 0 Å². The van der Waals surface area contributed by atoms with Crippen molar-refractivity contribution in [1.29, 1.82) is 0 Å². The van der Waals surface area contributed by atoms with Crippen LogP contribution in [0, 0.1) is 0 Å². The second-order valence-electron chi connectivity index (χ2n) is 3.54. The second-order valence-corrected chi connectivity index (χ2v) is 6.27. The van der Waals surface area contributed by atoms with Crippen molar-refractivity contribution < 1.29 is 8.42 Å². The molecule has 6 heteroatoms. The highest BCUT2D eigenvalue weighted by molar-refractivity contribution is 7.88. The number of hydrogen-bond donors (Lipinski definition) is 1. The molecule has 0 aliphatic heterocycles. The van der Waals surface area contributed by atoms with Gasteiger partial charge in [-0.05, 0) is 12.8 Å². The Morgan fingerprint density at radius 3 is 2.93 bits per heavy atom. The average molecular weight is 232 g/mol. The Balaban J connectivity index is 1.96. The van der Waals surface area contributed by atoms with Crippen molar-refractivity contribution in [3.63, 3.8) is 0 Å². The molecular weight excluding hydrogens is 220 g/mol. The summed E-state index contributed by atoms with van der Waals surface area (Å²) in [6.07, 6.45) is 3.61. The normalized spacial score (nSPS) is 17.2. The van der Waals surface area contributed by atoms with Gasteiger partial charge in [0.1, 0.15) is 0 Å². The first-order valence-electron chi connectivity index (χ1n) is 4.43. The predicted octanol–water partition coefficient (Wildman–Crippen LogP) is 1.07. The third-order valence-electron chi connectivity index (χ3n) is 2.01. The Hall–Kier alpha value is -0.460. The SMILES string of the molecule is CS(=O)(=O)NCc1csc(C2CC2)n1. The smallest absolute Gasteiger partial charge is 0.209 e. The quantitative estimate of drug-likeness (QED) is 0.844. The molecule has 4 nitrogen and oxygen atoms in total. The van der Waals surface area contributed by atoms with E-state index in [0.29, 0.717) is 12.5 Å². The molecule has 1 saturated carbocycles. The summed E-state index contributed by atoms with van der Waals surface area (Å²) in [5, 5.41) is 3.07. The Morgan fingerprint density at radius 2 is 2.36 bits per heavy atom. The van der Waals surface area contributed by atoms with E-state index in [-0.39, 0.29) is 0 Å². The summed E-state index contributed by atoms with van der Waals surface area (Å²) in [6, 6.07) is 0. The topological polar surface area (TPSA) is 59.1 Å². The fourth-order valence-electron chi connectivity index (χ4n) is 1.13. The highest BCUT2D eigenvalue weighted by Gasteiger charge is 2.26. The van der Waals surface area contributed by atoms with Crippen LogP contribution in [0.3, 0.4) is 0 Å². The van der Waals surface area contributed by atoms with Crippen molar-refractivity contribution in [2.75, 3.05) is 6.26 Å². The molecule has 1 aliphatic rings. The molecule has 0 amide bonds. The summed E-state index contributed by atoms with van der Waals surface area (Å²) >= 11 is 1.62. The molecule has 0 atom stereocenters. The van der Waals surface area contributed by atoms with Crippen LogP contribution in [0.15, 0.2) is 5.38 Å². The Bertz CT molecular complexity index is 420. The van der Waals surface area contributed by atoms with Crippen LogP contribution < -0.4 is 4.72 Å². The van der Waals surface area contributed by atoms with E-state index >= 15 is 0 Å². The average Bonchev–Trinajstić information content (AvgIpc) is 2.81. The van der Waals surface area contributed by atoms with Gasteiger partial charge < -0.3 is 0 Å². The van der Waals surface area contributed by atoms with Gasteiger partial charge in [0.2, 0.25) is 10.0 Å². The standard InChI is InChI=1S/C8H12N2O2S2/c1-14(11,12)9-4-7-5-13-8(10-7)6-2-3-6/h5-6,9H,2-4H2,1H3. The monoisotopic (exact) mass is 232 g/mol. The van der Waals surface area contributed by atoms with Crippen molar-refractivity contribution >= 4 is 21.4 Å². The van der Waals surface area contributed by atoms with Crippen molar-refractivity contribution in [3.8, 4) is 0 Å². The molecule has 14 heavy (non-hydrogen) atoms. The largest absolute Gasteiger partial charge is 0.245 e. The van der Waals surface area contributed by atoms with Gasteiger partial charge in [0.05, 0.1) is 23.5 Å². The number of aromatic nitrogens is 1. The van der Waals surface area contributed by atoms with Gasteiger partial charge >= 0.3 is 0 Å². The fraction of sp³-hybridized carbons (Fsp3) is 0.625. The summed E-state index contributed by atoms with van der Waals surface area (Å²) in [5.41, 5.74) is 0.822. The van der Waals surface area contributed by atoms with E-state index < -0.39 is 10.0 Å². The minimum absolute atomic E-state index is 0.308. The number of nitrogens with zero attached hydrogens (tertiary/aromatic N) is 1. The first-order chi connectivity index (χ1) is 6.54. The summed E-state index contributed by atoms with van der Waals surface area (Å²) in [5.74, 6) is 0.645. The van der Waals surface area contributed by atoms with Gasteiger partial charge in [-0.25, -0.2) is 18.1 Å². The Morgan fingerprint density at radius 1 is 1.64 bits per heavy atom. The van der Waals surface area contributed by atoms with Crippen molar-refractivity contribution in [2.45, 2.75) is 25.3 Å². The molecule has 0 aromatic carbocycles. The highest BCUT2D eigenvalue weighted by Crippen LogP contribution is 2.41. The van der Waals surface area contributed by atoms with Gasteiger partial charge in [-0.1, -0.05) is 0 Å². The van der Waals surface area contributed by atoms with E-state index in [0.717, 1.165) is 17.0 Å². The first kappa shape index (κ1) is 10.1. The maximum Gasteiger partial charge on any atom is 0.209 e. The maximum atomic E-state index is 10.8. The number of thiazole rings is 1. The van der Waals surface area contributed by atoms with Crippen LogP contribution in [0.5, 0.6) is 0 Å². The van der Waals surface area contributed by atoms with Crippen LogP contribution in [0.2, 0.25) is 0 Å². The lowest BCUT2D eigenvalue weighted by molar-refractivity contribution is 0.587. The molecule has 1 N–H and O–H groups in total. The van der Waals surface area contributed by atoms with Gasteiger partial charge in [-0.3, -0.25) is 0 Å². The Kier molecular flexibility index (Phi) is 2.59. The molecule has 78 valence electrons. The van der Waals surface area contributed by atoms with Gasteiger partial charge in [0.25, 0.3) is 0 Å². The fourth-order valence-corrected chi connectivity index (χ4v) is 2.53. The summed E-state index contributed by atoms with van der Waals surface area (Å²) in [6.45, 7) is 0.308. The van der Waals surface area contributed by atoms with E-state index in [4.69, 9.17) is 0 Å². The minimum atomic E-state index is -3.10. The Labute approximate surface area is 87.4 Å². The molecule has 1 aromatic rings. The third-order valence-corrected chi connectivity index (χ3v) is 3.74. The van der Waals surface area contributed by atoms with Crippen LogP contribution >= 0.6 is 11.3 Å². The lowest BCUT2D eigenvalue weighted by Gasteiger charge is -1.97. The van der Waals surface area contributed by atoms with Gasteiger partial charge in [0.15, 0.2) is 0 Å². The third kappa shape index (κ3) is 2.76. The zero-order valence-electron chi connectivity index (χ0n) is 7.86. The second kappa shape index (κ2) is 3.60. The number of nitrogens with one attached hydrogen (secondary N) is 1. The summed E-state index contributed by atoms with van der Waals surface area (Å²) in [4.78, 5) is 4.37. The maximum absolute atomic E-state index is 10.8. The molecule has 1 fully saturated rings. The molecule has 2 rings (SSSR count). The molecular formula is C8H12N2O2S2. The van der Waals surface area contributed by atoms with E-state index in [2.05, 4.69) is 9.71 Å². The molecule has 0 saturated heterocycles. The van der Waals surface area contributed by atoms with Gasteiger partial charge in [0, 0.05) is 11.3 Å². The van der Waals surface area contributed by atoms with Crippen LogP contribution in [0.4, 0.5) is 0 Å². The molecule has 0 spiro atoms. The van der Waals surface area contributed by atoms with Gasteiger partial charge in [-0.2, -0.15) is 0 Å². The lowest BCUT2D eigenvalue weighted by atomic mass is 10.4. The molecule has 1 aromatic heterocycles. The number of sulfonamides is 1. The first-order valence-corrected chi connectivity index (χ1v) is 7.20. The number of hydrogen-bond acceptors (Lipinski definition) is 4. The zero-order chi connectivity index (χ0) is 10.2. The lowest BCUT2D eigenvalue weighted by Crippen LogP contribution is -2.21. The summed E-state index contributed by atoms with van der Waals surface area (Å²) < 4.78 is 24.1. The summed E-state index contributed by atoms with van der Waals surface area (Å²) in [7, 11) is -3.10. The van der Waals surface area contributed by atoms with E-state index in [1.807, 2.05) is 5.38 Å². The number of rotatable bonds is 4.